The molecular formula is C24H24F3N5O3. The number of halogens is 3. The summed E-state index contributed by atoms with van der Waals surface area (Å²) in [6.07, 6.45) is -2.44. The number of alkyl halides is 3. The van der Waals surface area contributed by atoms with Crippen molar-refractivity contribution in [1.29, 1.82) is 0 Å². The molecule has 0 unspecified atom stereocenters. The third kappa shape index (κ3) is 5.29. The number of anilines is 1. The summed E-state index contributed by atoms with van der Waals surface area (Å²) < 4.78 is 53.1. The van der Waals surface area contributed by atoms with E-state index in [2.05, 4.69) is 15.4 Å². The van der Waals surface area contributed by atoms with E-state index >= 15 is 0 Å². The van der Waals surface area contributed by atoms with Crippen LogP contribution in [0, 0.1) is 0 Å². The summed E-state index contributed by atoms with van der Waals surface area (Å²) >= 11 is 0. The lowest BCUT2D eigenvalue weighted by molar-refractivity contribution is -0.137. The van der Waals surface area contributed by atoms with E-state index in [4.69, 9.17) is 9.47 Å². The third-order valence-electron chi connectivity index (χ3n) is 5.31. The number of nitrogens with zero attached hydrogens (tertiary/aromatic N) is 4. The highest BCUT2D eigenvalue weighted by Gasteiger charge is 2.31. The van der Waals surface area contributed by atoms with Gasteiger partial charge >= 0.3 is 6.18 Å². The van der Waals surface area contributed by atoms with Crippen LogP contribution >= 0.6 is 0 Å². The smallest absolute Gasteiger partial charge is 0.416 e. The van der Waals surface area contributed by atoms with Crippen molar-refractivity contribution < 1.29 is 27.4 Å². The zero-order chi connectivity index (χ0) is 25.0. The number of carbonyl (C=O) groups is 1. The number of benzene rings is 2. The Kier molecular flexibility index (Phi) is 7.06. The molecule has 0 saturated carbocycles. The van der Waals surface area contributed by atoms with Gasteiger partial charge in [-0.15, -0.1) is 0 Å². The fraction of sp³-hybridized carbons (Fsp3) is 0.292. The molecule has 35 heavy (non-hydrogen) atoms. The lowest BCUT2D eigenvalue weighted by atomic mass is 10.2. The molecule has 8 nitrogen and oxygen atoms in total. The molecule has 0 aliphatic heterocycles. The molecule has 0 fully saturated rings. The number of hydrogen-bond donors (Lipinski definition) is 1. The number of hydrogen-bond acceptors (Lipinski definition) is 5. The highest BCUT2D eigenvalue weighted by Crippen LogP contribution is 2.31. The van der Waals surface area contributed by atoms with Gasteiger partial charge in [0.05, 0.1) is 35.6 Å². The predicted octanol–water partition coefficient (Wildman–Crippen LogP) is 4.93. The second kappa shape index (κ2) is 10.2. The lowest BCUT2D eigenvalue weighted by Gasteiger charge is -2.10. The van der Waals surface area contributed by atoms with Crippen molar-refractivity contribution in [3.05, 3.63) is 66.0 Å². The van der Waals surface area contributed by atoms with Gasteiger partial charge in [-0.25, -0.2) is 9.67 Å². The Morgan fingerprint density at radius 3 is 2.69 bits per heavy atom. The van der Waals surface area contributed by atoms with Gasteiger partial charge < -0.3 is 14.0 Å². The average molecular weight is 487 g/mol. The zero-order valence-electron chi connectivity index (χ0n) is 19.2. The first-order valence-electron chi connectivity index (χ1n) is 11.0. The van der Waals surface area contributed by atoms with Crippen molar-refractivity contribution in [2.24, 2.45) is 0 Å². The molecule has 0 radical (unpaired) electrons. The number of para-hydroxylation sites is 2. The number of aryl methyl sites for hydroxylation is 1. The van der Waals surface area contributed by atoms with Crippen LogP contribution in [-0.4, -0.2) is 45.6 Å². The predicted molar refractivity (Wildman–Crippen MR) is 124 cm³/mol. The van der Waals surface area contributed by atoms with Gasteiger partial charge in [0.25, 0.3) is 5.91 Å². The molecule has 0 spiro atoms. The minimum absolute atomic E-state index is 0.0853. The Hall–Kier alpha value is -3.86. The second-order valence-electron chi connectivity index (χ2n) is 7.62. The van der Waals surface area contributed by atoms with E-state index in [1.54, 1.807) is 0 Å². The summed E-state index contributed by atoms with van der Waals surface area (Å²) in [4.78, 5) is 17.7. The van der Waals surface area contributed by atoms with Gasteiger partial charge in [0, 0.05) is 19.8 Å². The first-order valence-corrected chi connectivity index (χ1v) is 11.0. The third-order valence-corrected chi connectivity index (χ3v) is 5.31. The maximum Gasteiger partial charge on any atom is 0.416 e. The summed E-state index contributed by atoms with van der Waals surface area (Å²) in [5.74, 6) is -0.170. The Morgan fingerprint density at radius 1 is 1.14 bits per heavy atom. The van der Waals surface area contributed by atoms with E-state index in [1.807, 2.05) is 35.8 Å². The van der Waals surface area contributed by atoms with Crippen LogP contribution in [0.15, 0.2) is 54.7 Å². The van der Waals surface area contributed by atoms with Crippen LogP contribution in [0.4, 0.5) is 19.1 Å². The molecule has 184 valence electrons. The molecule has 0 saturated heterocycles. The lowest BCUT2D eigenvalue weighted by Crippen LogP contribution is -2.18. The minimum atomic E-state index is -4.51. The number of carbonyl (C=O) groups excluding carboxylic acids is 1. The van der Waals surface area contributed by atoms with Crippen LogP contribution in [0.5, 0.6) is 5.75 Å². The molecule has 4 aromatic rings. The minimum Gasteiger partial charge on any atom is -0.493 e. The van der Waals surface area contributed by atoms with Crippen LogP contribution in [0.2, 0.25) is 0 Å². The molecular weight excluding hydrogens is 463 g/mol. The van der Waals surface area contributed by atoms with E-state index in [-0.39, 0.29) is 17.1 Å². The van der Waals surface area contributed by atoms with Crippen molar-refractivity contribution >= 4 is 22.9 Å². The highest BCUT2D eigenvalue weighted by atomic mass is 19.4. The normalized spacial score (nSPS) is 11.7. The molecule has 0 aliphatic carbocycles. The Morgan fingerprint density at radius 2 is 1.94 bits per heavy atom. The number of nitrogens with one attached hydrogen (secondary N) is 1. The quantitative estimate of drug-likeness (QED) is 0.339. The Balaban J connectivity index is 1.63. The van der Waals surface area contributed by atoms with Gasteiger partial charge in [0.1, 0.15) is 0 Å². The summed E-state index contributed by atoms with van der Waals surface area (Å²) in [6, 6.07) is 12.1. The van der Waals surface area contributed by atoms with Crippen LogP contribution < -0.4 is 10.1 Å². The molecule has 2 aromatic carbocycles. The summed E-state index contributed by atoms with van der Waals surface area (Å²) in [7, 11) is 1.35. The number of imidazole rings is 1. The fourth-order valence-electron chi connectivity index (χ4n) is 3.65. The maximum absolute atomic E-state index is 13.1. The largest absolute Gasteiger partial charge is 0.493 e. The van der Waals surface area contributed by atoms with Crippen molar-refractivity contribution in [1.82, 2.24) is 19.3 Å². The van der Waals surface area contributed by atoms with Crippen molar-refractivity contribution in [2.75, 3.05) is 25.6 Å². The van der Waals surface area contributed by atoms with Crippen molar-refractivity contribution in [2.45, 2.75) is 26.1 Å². The molecule has 0 atom stereocenters. The SMILES string of the molecule is CCOCCCn1c(NC(=O)c2nn(-c3cccc(C(F)(F)F)c3)cc2OC)nc2ccccc21. The molecule has 4 rings (SSSR count). The first-order chi connectivity index (χ1) is 16.8. The fourth-order valence-corrected chi connectivity index (χ4v) is 3.65. The summed E-state index contributed by atoms with van der Waals surface area (Å²) in [5.41, 5.74) is 0.788. The van der Waals surface area contributed by atoms with Gasteiger partial charge in [-0.3, -0.25) is 10.1 Å². The van der Waals surface area contributed by atoms with Gasteiger partial charge in [0.2, 0.25) is 5.95 Å². The Labute approximate surface area is 199 Å². The van der Waals surface area contributed by atoms with E-state index < -0.39 is 17.6 Å². The van der Waals surface area contributed by atoms with Gasteiger partial charge in [-0.05, 0) is 43.7 Å². The topological polar surface area (TPSA) is 83.2 Å². The van der Waals surface area contributed by atoms with Crippen LogP contribution in [0.1, 0.15) is 29.4 Å². The first kappa shape index (κ1) is 24.3. The van der Waals surface area contributed by atoms with Gasteiger partial charge in [-0.2, -0.15) is 18.3 Å². The highest BCUT2D eigenvalue weighted by molar-refractivity contribution is 6.04. The van der Waals surface area contributed by atoms with Crippen molar-refractivity contribution in [3.63, 3.8) is 0 Å². The number of aromatic nitrogens is 4. The number of ether oxygens (including phenoxy) is 2. The second-order valence-corrected chi connectivity index (χ2v) is 7.62. The van der Waals surface area contributed by atoms with Gasteiger partial charge in [-0.1, -0.05) is 18.2 Å². The maximum atomic E-state index is 13.1. The number of methoxy groups -OCH3 is 1. The molecule has 2 aromatic heterocycles. The van der Waals surface area contributed by atoms with Crippen molar-refractivity contribution in [3.8, 4) is 11.4 Å². The van der Waals surface area contributed by atoms with E-state index in [9.17, 15) is 18.0 Å². The van der Waals surface area contributed by atoms with E-state index in [1.165, 1.54) is 30.1 Å². The average Bonchev–Trinajstić information content (AvgIpc) is 3.43. The van der Waals surface area contributed by atoms with Crippen LogP contribution in [-0.2, 0) is 17.5 Å². The molecule has 2 heterocycles. The van der Waals surface area contributed by atoms with E-state index in [0.717, 1.165) is 17.6 Å². The van der Waals surface area contributed by atoms with Crippen LogP contribution in [0.3, 0.4) is 0 Å². The number of amides is 1. The summed E-state index contributed by atoms with van der Waals surface area (Å²) in [6.45, 7) is 3.66. The molecule has 0 bridgehead atoms. The Bertz CT molecular complexity index is 1330. The molecule has 1 N–H and O–H groups in total. The number of fused-ring (bicyclic) bond motifs is 1. The summed E-state index contributed by atoms with van der Waals surface area (Å²) in [5, 5.41) is 6.96. The monoisotopic (exact) mass is 487 g/mol. The zero-order valence-corrected chi connectivity index (χ0v) is 19.2. The standard InChI is InChI=1S/C24H24F3N5O3/c1-3-35-13-7-12-31-19-11-5-4-10-18(19)28-23(31)29-22(33)21-20(34-2)15-32(30-21)17-9-6-8-16(14-17)24(25,26)27/h4-6,8-11,14-15H,3,7,12-13H2,1-2H3,(H,28,29,33). The molecule has 0 aliphatic rings. The van der Waals surface area contributed by atoms with E-state index in [0.29, 0.717) is 37.6 Å². The molecule has 11 heteroatoms. The van der Waals surface area contributed by atoms with Crippen LogP contribution in [0.25, 0.3) is 16.7 Å². The molecule has 1 amide bonds. The number of rotatable bonds is 9. The van der Waals surface area contributed by atoms with Gasteiger partial charge in [0.15, 0.2) is 11.4 Å².